The molecule has 13 heavy (non-hydrogen) atoms. The third kappa shape index (κ3) is 2.60. The van der Waals surface area contributed by atoms with E-state index in [0.29, 0.717) is 5.75 Å². The molecule has 0 N–H and O–H groups in total. The fraction of sp³-hybridized carbons (Fsp3) is 0. The Hall–Kier alpha value is -0.747. The van der Waals surface area contributed by atoms with Gasteiger partial charge in [0.15, 0.2) is 0 Å². The zero-order valence-electron chi connectivity index (χ0n) is 6.79. The first-order valence-corrected chi connectivity index (χ1v) is 3.27. The predicted octanol–water partition coefficient (Wildman–Crippen LogP) is -1.04. The molecule has 1 aliphatic heterocycles. The van der Waals surface area contributed by atoms with Crippen LogP contribution in [0.3, 0.4) is 0 Å². The van der Waals surface area contributed by atoms with Crippen molar-refractivity contribution in [3.8, 4) is 5.75 Å². The SMILES string of the molecule is [Cl-].[O]C1=C=Cc2ccccc2O1.[Zn]. The van der Waals surface area contributed by atoms with Gasteiger partial charge in [-0.05, 0) is 17.9 Å². The van der Waals surface area contributed by atoms with Crippen LogP contribution in [0.4, 0.5) is 0 Å². The first-order chi connectivity index (χ1) is 5.36. The van der Waals surface area contributed by atoms with Crippen LogP contribution >= 0.6 is 0 Å². The molecule has 2 rings (SSSR count). The van der Waals surface area contributed by atoms with Crippen LogP contribution in [0.25, 0.3) is 6.08 Å². The Kier molecular flexibility index (Phi) is 4.79. The molecule has 0 saturated carbocycles. The first-order valence-electron chi connectivity index (χ1n) is 3.27. The summed E-state index contributed by atoms with van der Waals surface area (Å²) >= 11 is 0. The number of hydrogen-bond donors (Lipinski definition) is 0. The zero-order chi connectivity index (χ0) is 7.68. The van der Waals surface area contributed by atoms with Crippen molar-refractivity contribution >= 4 is 6.08 Å². The van der Waals surface area contributed by atoms with Crippen molar-refractivity contribution in [3.05, 3.63) is 41.5 Å². The number of benzene rings is 1. The second-order valence-corrected chi connectivity index (χ2v) is 2.22. The number of para-hydroxylation sites is 1. The van der Waals surface area contributed by atoms with Crippen LogP contribution in [0.2, 0.25) is 0 Å². The average molecular weight is 246 g/mol. The van der Waals surface area contributed by atoms with E-state index in [-0.39, 0.29) is 31.9 Å². The van der Waals surface area contributed by atoms with Crippen LogP contribution in [-0.4, -0.2) is 0 Å². The molecule has 0 fully saturated rings. The molecular weight excluding hydrogens is 241 g/mol. The van der Waals surface area contributed by atoms with Gasteiger partial charge >= 0.3 is 5.95 Å². The van der Waals surface area contributed by atoms with E-state index in [4.69, 9.17) is 4.74 Å². The normalized spacial score (nSPS) is 11.2. The van der Waals surface area contributed by atoms with Crippen molar-refractivity contribution < 1.29 is 41.7 Å². The van der Waals surface area contributed by atoms with Gasteiger partial charge in [0.25, 0.3) is 0 Å². The van der Waals surface area contributed by atoms with Gasteiger partial charge in [-0.15, -0.1) is 0 Å². The first kappa shape index (κ1) is 12.3. The molecule has 0 spiro atoms. The molecule has 0 unspecified atom stereocenters. The molecule has 4 heteroatoms. The summed E-state index contributed by atoms with van der Waals surface area (Å²) in [7, 11) is 0. The number of halogens is 1. The quantitative estimate of drug-likeness (QED) is 0.425. The minimum Gasteiger partial charge on any atom is -1.00 e. The van der Waals surface area contributed by atoms with Gasteiger partial charge in [-0.25, -0.2) is 5.11 Å². The van der Waals surface area contributed by atoms with E-state index in [2.05, 4.69) is 5.73 Å². The molecule has 0 bridgehead atoms. The molecule has 1 aromatic carbocycles. The Balaban J connectivity index is 0.000000720. The summed E-state index contributed by atoms with van der Waals surface area (Å²) in [5.74, 6) is 0.181. The van der Waals surface area contributed by atoms with Crippen LogP contribution in [0.15, 0.2) is 35.9 Å². The van der Waals surface area contributed by atoms with E-state index in [0.717, 1.165) is 5.56 Å². The summed E-state index contributed by atoms with van der Waals surface area (Å²) in [4.78, 5) is 0. The Morgan fingerprint density at radius 2 is 1.92 bits per heavy atom. The smallest absolute Gasteiger partial charge is 0.381 e. The van der Waals surface area contributed by atoms with Crippen molar-refractivity contribution in [2.24, 2.45) is 0 Å². The zero-order valence-corrected chi connectivity index (χ0v) is 10.5. The Morgan fingerprint density at radius 3 is 2.69 bits per heavy atom. The molecule has 2 nitrogen and oxygen atoms in total. The number of rotatable bonds is 0. The van der Waals surface area contributed by atoms with Crippen molar-refractivity contribution in [1.82, 2.24) is 0 Å². The fourth-order valence-corrected chi connectivity index (χ4v) is 0.959. The topological polar surface area (TPSA) is 29.1 Å². The Bertz CT molecular complexity index is 356. The summed E-state index contributed by atoms with van der Waals surface area (Å²) in [5.41, 5.74) is 3.35. The molecule has 63 valence electrons. The third-order valence-corrected chi connectivity index (χ3v) is 1.47. The summed E-state index contributed by atoms with van der Waals surface area (Å²) in [5, 5.41) is 10.7. The van der Waals surface area contributed by atoms with E-state index in [1.807, 2.05) is 18.2 Å². The molecule has 0 aromatic heterocycles. The van der Waals surface area contributed by atoms with E-state index in [1.54, 1.807) is 12.1 Å². The van der Waals surface area contributed by atoms with E-state index >= 15 is 0 Å². The largest absolute Gasteiger partial charge is 1.00 e. The number of ether oxygens (including phenoxy) is 1. The number of hydrogen-bond acceptors (Lipinski definition) is 1. The van der Waals surface area contributed by atoms with Crippen molar-refractivity contribution in [2.45, 2.75) is 0 Å². The van der Waals surface area contributed by atoms with Gasteiger partial charge in [0, 0.05) is 25.0 Å². The summed E-state index contributed by atoms with van der Waals surface area (Å²) in [6, 6.07) is 7.33. The van der Waals surface area contributed by atoms with Crippen molar-refractivity contribution in [2.75, 3.05) is 0 Å². The van der Waals surface area contributed by atoms with Crippen LogP contribution < -0.4 is 17.1 Å². The van der Waals surface area contributed by atoms with Crippen molar-refractivity contribution in [1.29, 1.82) is 0 Å². The summed E-state index contributed by atoms with van der Waals surface area (Å²) in [6.07, 6.45) is 1.63. The molecule has 1 aliphatic rings. The second-order valence-electron chi connectivity index (χ2n) is 2.22. The van der Waals surface area contributed by atoms with Crippen LogP contribution in [0.1, 0.15) is 5.56 Å². The minimum absolute atomic E-state index is 0. The van der Waals surface area contributed by atoms with Crippen LogP contribution in [0, 0.1) is 0 Å². The standard InChI is InChI=1S/C9H5O2.ClH.Zn/c10-9-6-5-7-3-1-2-4-8(7)11-9;;/h1-5H;1H;/p-1. The molecule has 1 aromatic rings. The van der Waals surface area contributed by atoms with E-state index < -0.39 is 5.95 Å². The monoisotopic (exact) mass is 244 g/mol. The maximum Gasteiger partial charge on any atom is 0.381 e. The van der Waals surface area contributed by atoms with Crippen LogP contribution in [-0.2, 0) is 24.6 Å². The Labute approximate surface area is 95.1 Å². The number of fused-ring (bicyclic) bond motifs is 1. The third-order valence-electron chi connectivity index (χ3n) is 1.47. The molecule has 0 atom stereocenters. The van der Waals surface area contributed by atoms with Crippen molar-refractivity contribution in [3.63, 3.8) is 0 Å². The van der Waals surface area contributed by atoms with Crippen LogP contribution in [0.5, 0.6) is 5.75 Å². The predicted molar refractivity (Wildman–Crippen MR) is 39.2 cm³/mol. The molecule has 0 aliphatic carbocycles. The molecule has 1 heterocycles. The van der Waals surface area contributed by atoms with E-state index in [9.17, 15) is 5.11 Å². The van der Waals surface area contributed by atoms with Gasteiger partial charge in [0.05, 0.1) is 0 Å². The molecule has 0 amide bonds. The molecule has 0 saturated heterocycles. The minimum atomic E-state index is -0.427. The van der Waals surface area contributed by atoms with Gasteiger partial charge in [-0.2, -0.15) is 0 Å². The van der Waals surface area contributed by atoms with Gasteiger partial charge in [-0.3, -0.25) is 0 Å². The van der Waals surface area contributed by atoms with Gasteiger partial charge in [-0.1, -0.05) is 18.2 Å². The van der Waals surface area contributed by atoms with Gasteiger partial charge in [0.2, 0.25) is 0 Å². The maximum absolute atomic E-state index is 10.7. The fourth-order valence-electron chi connectivity index (χ4n) is 0.959. The second kappa shape index (κ2) is 5.08. The Morgan fingerprint density at radius 1 is 1.23 bits per heavy atom. The van der Waals surface area contributed by atoms with Gasteiger partial charge in [0.1, 0.15) is 5.75 Å². The summed E-state index contributed by atoms with van der Waals surface area (Å²) < 4.78 is 4.85. The summed E-state index contributed by atoms with van der Waals surface area (Å²) in [6.45, 7) is 0. The van der Waals surface area contributed by atoms with Gasteiger partial charge < -0.3 is 17.1 Å². The maximum atomic E-state index is 10.7. The van der Waals surface area contributed by atoms with E-state index in [1.165, 1.54) is 0 Å². The molecule has 1 radical (unpaired) electrons. The molecular formula is C9H5ClO2Zn-. The average Bonchev–Trinajstić information content (AvgIpc) is 2.04.